The minimum absolute atomic E-state index is 0.376. The number of hydrogen-bond acceptors (Lipinski definition) is 2. The van der Waals surface area contributed by atoms with Crippen molar-refractivity contribution in [2.75, 3.05) is 13.6 Å². The van der Waals surface area contributed by atoms with Crippen LogP contribution >= 0.6 is 0 Å². The zero-order valence-electron chi connectivity index (χ0n) is 9.78. The van der Waals surface area contributed by atoms with Crippen molar-refractivity contribution < 1.29 is 4.79 Å². The highest BCUT2D eigenvalue weighted by Crippen LogP contribution is 2.47. The first-order valence-corrected chi connectivity index (χ1v) is 6.38. The number of nitrogens with zero attached hydrogens (tertiary/aromatic N) is 1. The number of likely N-dealkylation sites (tertiary alicyclic amines) is 1. The first-order valence-electron chi connectivity index (χ1n) is 6.38. The summed E-state index contributed by atoms with van der Waals surface area (Å²) in [7, 11) is 2.22. The molecular formula is C13H21NO. The molecule has 1 aliphatic heterocycles. The average Bonchev–Trinajstić information content (AvgIpc) is 2.18. The highest BCUT2D eigenvalue weighted by Gasteiger charge is 2.48. The fourth-order valence-corrected chi connectivity index (χ4v) is 4.32. The lowest BCUT2D eigenvalue weighted by Crippen LogP contribution is -2.56. The Labute approximate surface area is 92.0 Å². The van der Waals surface area contributed by atoms with Crippen LogP contribution in [0.3, 0.4) is 0 Å². The highest BCUT2D eigenvalue weighted by atomic mass is 16.1. The second-order valence-corrected chi connectivity index (χ2v) is 6.11. The summed E-state index contributed by atoms with van der Waals surface area (Å²) in [5.74, 6) is 3.30. The molecule has 2 nitrogen and oxygen atoms in total. The molecule has 0 aromatic carbocycles. The molecule has 1 heterocycles. The third-order valence-corrected chi connectivity index (χ3v) is 5.00. The van der Waals surface area contributed by atoms with E-state index in [-0.39, 0.29) is 0 Å². The van der Waals surface area contributed by atoms with Crippen molar-refractivity contribution in [1.82, 2.24) is 4.90 Å². The Morgan fingerprint density at radius 3 is 2.87 bits per heavy atom. The lowest BCUT2D eigenvalue weighted by atomic mass is 9.60. The number of Topliss-reactive ketones (excluding diaryl/α,β-unsaturated/α-hetero) is 1. The molecule has 3 aliphatic rings. The summed E-state index contributed by atoms with van der Waals surface area (Å²) in [6.07, 6.45) is 4.75. The molecule has 2 aliphatic carbocycles. The summed E-state index contributed by atoms with van der Waals surface area (Å²) in [6, 6.07) is 0.781. The summed E-state index contributed by atoms with van der Waals surface area (Å²) >= 11 is 0. The summed E-state index contributed by atoms with van der Waals surface area (Å²) in [6.45, 7) is 3.38. The van der Waals surface area contributed by atoms with Crippen LogP contribution in [0.15, 0.2) is 0 Å². The van der Waals surface area contributed by atoms with E-state index >= 15 is 0 Å². The van der Waals surface area contributed by atoms with E-state index in [0.29, 0.717) is 17.6 Å². The van der Waals surface area contributed by atoms with Crippen molar-refractivity contribution in [1.29, 1.82) is 0 Å². The lowest BCUT2D eigenvalue weighted by Gasteiger charge is -2.53. The van der Waals surface area contributed by atoms with Crippen molar-refractivity contribution in [2.24, 2.45) is 23.7 Å². The van der Waals surface area contributed by atoms with Gasteiger partial charge in [0.05, 0.1) is 0 Å². The second-order valence-electron chi connectivity index (χ2n) is 6.11. The molecule has 3 rings (SSSR count). The Balaban J connectivity index is 1.90. The number of carbonyl (C=O) groups excluding carboxylic acids is 1. The molecule has 0 N–H and O–H groups in total. The molecule has 0 spiro atoms. The van der Waals surface area contributed by atoms with Gasteiger partial charge in [-0.3, -0.25) is 4.79 Å². The monoisotopic (exact) mass is 207 g/mol. The summed E-state index contributed by atoms with van der Waals surface area (Å²) in [5.41, 5.74) is 0. The van der Waals surface area contributed by atoms with E-state index in [4.69, 9.17) is 0 Å². The van der Waals surface area contributed by atoms with Gasteiger partial charge in [-0.1, -0.05) is 6.92 Å². The number of ketones is 1. The average molecular weight is 207 g/mol. The van der Waals surface area contributed by atoms with Crippen LogP contribution in [0.4, 0.5) is 0 Å². The molecule has 2 bridgehead atoms. The maximum atomic E-state index is 11.9. The summed E-state index contributed by atoms with van der Waals surface area (Å²) < 4.78 is 0. The number of piperidine rings is 1. The SMILES string of the molecule is C[C@@H]1CC2CC(=O)[C@@H]3C[C@H]2[C@H](C1)N(C)C3. The maximum Gasteiger partial charge on any atom is 0.137 e. The van der Waals surface area contributed by atoms with E-state index in [9.17, 15) is 4.79 Å². The third-order valence-electron chi connectivity index (χ3n) is 5.00. The van der Waals surface area contributed by atoms with E-state index in [2.05, 4.69) is 18.9 Å². The Morgan fingerprint density at radius 1 is 1.27 bits per heavy atom. The van der Waals surface area contributed by atoms with Crippen LogP contribution in [0.2, 0.25) is 0 Å². The smallest absolute Gasteiger partial charge is 0.137 e. The Kier molecular flexibility index (Phi) is 2.17. The van der Waals surface area contributed by atoms with E-state index < -0.39 is 0 Å². The van der Waals surface area contributed by atoms with E-state index in [1.54, 1.807) is 0 Å². The van der Waals surface area contributed by atoms with E-state index in [1.165, 1.54) is 19.3 Å². The molecule has 2 heteroatoms. The van der Waals surface area contributed by atoms with Gasteiger partial charge in [0, 0.05) is 24.9 Å². The first kappa shape index (κ1) is 9.83. The van der Waals surface area contributed by atoms with Crippen LogP contribution in [0, 0.1) is 23.7 Å². The molecule has 0 amide bonds. The molecule has 0 aromatic heterocycles. The van der Waals surface area contributed by atoms with Gasteiger partial charge in [0.1, 0.15) is 5.78 Å². The van der Waals surface area contributed by atoms with Crippen LogP contribution in [-0.2, 0) is 4.79 Å². The van der Waals surface area contributed by atoms with Crippen molar-refractivity contribution in [2.45, 2.75) is 38.6 Å². The van der Waals surface area contributed by atoms with Crippen molar-refractivity contribution >= 4 is 5.78 Å². The Bertz CT molecular complexity index is 288. The van der Waals surface area contributed by atoms with Crippen LogP contribution in [0.25, 0.3) is 0 Å². The molecule has 15 heavy (non-hydrogen) atoms. The predicted octanol–water partition coefficient (Wildman–Crippen LogP) is 1.94. The first-order chi connectivity index (χ1) is 7.15. The van der Waals surface area contributed by atoms with Gasteiger partial charge in [-0.15, -0.1) is 0 Å². The van der Waals surface area contributed by atoms with Crippen LogP contribution in [-0.4, -0.2) is 30.3 Å². The standard InChI is InChI=1S/C13H21NO/c1-8-3-9-6-13(15)10-5-11(9)12(4-8)14(2)7-10/h8-12H,3-7H2,1-2H3/t8-,9?,10-,11-,12+/m1/s1. The molecule has 0 aromatic rings. The Hall–Kier alpha value is -0.370. The van der Waals surface area contributed by atoms with Gasteiger partial charge < -0.3 is 4.90 Å². The molecule has 2 saturated carbocycles. The van der Waals surface area contributed by atoms with Gasteiger partial charge >= 0.3 is 0 Å². The fourth-order valence-electron chi connectivity index (χ4n) is 4.32. The summed E-state index contributed by atoms with van der Waals surface area (Å²) in [5, 5.41) is 0. The van der Waals surface area contributed by atoms with Crippen LogP contribution in [0.5, 0.6) is 0 Å². The third kappa shape index (κ3) is 1.45. The van der Waals surface area contributed by atoms with Gasteiger partial charge in [0.2, 0.25) is 0 Å². The highest BCUT2D eigenvalue weighted by molar-refractivity contribution is 5.82. The molecule has 5 atom stereocenters. The van der Waals surface area contributed by atoms with Gasteiger partial charge in [-0.2, -0.15) is 0 Å². The molecular weight excluding hydrogens is 186 g/mol. The topological polar surface area (TPSA) is 20.3 Å². The van der Waals surface area contributed by atoms with Crippen LogP contribution < -0.4 is 0 Å². The molecule has 0 radical (unpaired) electrons. The van der Waals surface area contributed by atoms with Crippen molar-refractivity contribution in [3.05, 3.63) is 0 Å². The summed E-state index contributed by atoms with van der Waals surface area (Å²) in [4.78, 5) is 14.4. The molecule has 1 saturated heterocycles. The maximum absolute atomic E-state index is 11.9. The lowest BCUT2D eigenvalue weighted by molar-refractivity contribution is -0.136. The molecule has 1 unspecified atom stereocenters. The van der Waals surface area contributed by atoms with E-state index in [0.717, 1.165) is 30.8 Å². The minimum atomic E-state index is 0.376. The quantitative estimate of drug-likeness (QED) is 0.605. The van der Waals surface area contributed by atoms with Gasteiger partial charge in [0.15, 0.2) is 0 Å². The van der Waals surface area contributed by atoms with Crippen molar-refractivity contribution in [3.8, 4) is 0 Å². The van der Waals surface area contributed by atoms with Gasteiger partial charge in [0.25, 0.3) is 0 Å². The number of carbonyl (C=O) groups is 1. The van der Waals surface area contributed by atoms with Crippen molar-refractivity contribution in [3.63, 3.8) is 0 Å². The number of hydrogen-bond donors (Lipinski definition) is 0. The zero-order valence-corrected chi connectivity index (χ0v) is 9.78. The second kappa shape index (κ2) is 3.31. The van der Waals surface area contributed by atoms with Gasteiger partial charge in [-0.05, 0) is 44.1 Å². The number of rotatable bonds is 0. The van der Waals surface area contributed by atoms with E-state index in [1.807, 2.05) is 0 Å². The van der Waals surface area contributed by atoms with Crippen LogP contribution in [0.1, 0.15) is 32.6 Å². The Morgan fingerprint density at radius 2 is 2.07 bits per heavy atom. The predicted molar refractivity (Wildman–Crippen MR) is 59.5 cm³/mol. The molecule has 84 valence electrons. The van der Waals surface area contributed by atoms with Gasteiger partial charge in [-0.25, -0.2) is 0 Å². The zero-order chi connectivity index (χ0) is 10.6. The largest absolute Gasteiger partial charge is 0.302 e. The molecule has 3 fully saturated rings. The normalized spacial score (nSPS) is 50.5. The fraction of sp³-hybridized carbons (Fsp3) is 0.923. The minimum Gasteiger partial charge on any atom is -0.302 e. The number of fused-ring (bicyclic) bond motifs is 1.